The fourth-order valence-electron chi connectivity index (χ4n) is 2.57. The van der Waals surface area contributed by atoms with Crippen molar-refractivity contribution in [1.29, 1.82) is 0 Å². The van der Waals surface area contributed by atoms with Crippen molar-refractivity contribution in [2.45, 2.75) is 26.4 Å². The van der Waals surface area contributed by atoms with E-state index in [9.17, 15) is 4.79 Å². The molecule has 1 aliphatic rings. The largest absolute Gasteiger partial charge is 0.484 e. The van der Waals surface area contributed by atoms with Crippen molar-refractivity contribution in [3.05, 3.63) is 23.2 Å². The Morgan fingerprint density at radius 2 is 2.26 bits per heavy atom. The average Bonchev–Trinajstić information content (AvgIpc) is 2.81. The van der Waals surface area contributed by atoms with Crippen LogP contribution in [0, 0.1) is 6.92 Å². The van der Waals surface area contributed by atoms with E-state index in [1.54, 1.807) is 12.1 Å². The van der Waals surface area contributed by atoms with Crippen LogP contribution in [0.3, 0.4) is 0 Å². The summed E-state index contributed by atoms with van der Waals surface area (Å²) in [5.41, 5.74) is 6.93. The van der Waals surface area contributed by atoms with Gasteiger partial charge in [-0.2, -0.15) is 0 Å². The molecule has 23 heavy (non-hydrogen) atoms. The number of aromatic nitrogens is 2. The van der Waals surface area contributed by atoms with Gasteiger partial charge < -0.3 is 15.4 Å². The Labute approximate surface area is 138 Å². The van der Waals surface area contributed by atoms with Crippen molar-refractivity contribution >= 4 is 33.8 Å². The molecule has 0 aliphatic carbocycles. The first-order valence-electron chi connectivity index (χ1n) is 7.26. The number of benzene rings is 1. The lowest BCUT2D eigenvalue weighted by Gasteiger charge is -2.40. The maximum Gasteiger partial charge on any atom is 0.245 e. The fourth-order valence-corrected chi connectivity index (χ4v) is 3.18. The summed E-state index contributed by atoms with van der Waals surface area (Å²) in [6.45, 7) is 6.63. The maximum absolute atomic E-state index is 12.3. The minimum absolute atomic E-state index is 0.137. The molecule has 7 nitrogen and oxygen atoms in total. The molecule has 0 bridgehead atoms. The maximum atomic E-state index is 12.3. The number of nitrogens with zero attached hydrogens (tertiary/aromatic N) is 3. The van der Waals surface area contributed by atoms with Crippen LogP contribution in [-0.2, 0) is 4.79 Å². The monoisotopic (exact) mass is 333 g/mol. The molecule has 0 saturated heterocycles. The van der Waals surface area contributed by atoms with Gasteiger partial charge in [0.05, 0.1) is 18.8 Å². The zero-order valence-electron chi connectivity index (χ0n) is 13.3. The number of nitrogens with two attached hydrogens (primary N) is 1. The molecule has 3 rings (SSSR count). The van der Waals surface area contributed by atoms with Gasteiger partial charge in [0, 0.05) is 11.8 Å². The molecule has 0 fully saturated rings. The van der Waals surface area contributed by atoms with Crippen molar-refractivity contribution in [1.82, 2.24) is 10.2 Å². The lowest BCUT2D eigenvalue weighted by molar-refractivity contribution is -0.115. The van der Waals surface area contributed by atoms with E-state index in [0.29, 0.717) is 23.1 Å². The Balaban J connectivity index is 1.78. The van der Waals surface area contributed by atoms with E-state index in [1.165, 1.54) is 11.3 Å². The van der Waals surface area contributed by atoms with Crippen molar-refractivity contribution in [3.8, 4) is 5.75 Å². The highest BCUT2D eigenvalue weighted by Gasteiger charge is 2.32. The quantitative estimate of drug-likeness (QED) is 0.835. The minimum Gasteiger partial charge on any atom is -0.484 e. The highest BCUT2D eigenvalue weighted by atomic mass is 32.1. The van der Waals surface area contributed by atoms with Gasteiger partial charge in [-0.05, 0) is 32.9 Å². The predicted octanol–water partition coefficient (Wildman–Crippen LogP) is 2.04. The Morgan fingerprint density at radius 1 is 1.48 bits per heavy atom. The first-order chi connectivity index (χ1) is 10.8. The van der Waals surface area contributed by atoms with Crippen LogP contribution in [0.1, 0.15) is 18.9 Å². The molecular weight excluding hydrogens is 314 g/mol. The van der Waals surface area contributed by atoms with Crippen LogP contribution < -0.4 is 20.7 Å². The SMILES string of the molecule is Cc1nnc(NC(=O)CN2CC(C)(C)Oc3cc(N)ccc32)s1. The molecule has 2 aromatic rings. The van der Waals surface area contributed by atoms with E-state index in [2.05, 4.69) is 15.5 Å². The first-order valence-corrected chi connectivity index (χ1v) is 8.07. The van der Waals surface area contributed by atoms with Gasteiger partial charge in [-0.3, -0.25) is 10.1 Å². The average molecular weight is 333 g/mol. The number of rotatable bonds is 3. The van der Waals surface area contributed by atoms with Crippen LogP contribution in [0.25, 0.3) is 0 Å². The second-order valence-corrected chi connectivity index (χ2v) is 7.30. The van der Waals surface area contributed by atoms with Gasteiger partial charge >= 0.3 is 0 Å². The molecular formula is C15H19N5O2S. The van der Waals surface area contributed by atoms with Crippen molar-refractivity contribution < 1.29 is 9.53 Å². The lowest BCUT2D eigenvalue weighted by atomic mass is 10.0. The summed E-state index contributed by atoms with van der Waals surface area (Å²) >= 11 is 1.35. The predicted molar refractivity (Wildman–Crippen MR) is 91.1 cm³/mol. The van der Waals surface area contributed by atoms with Crippen LogP contribution >= 0.6 is 11.3 Å². The zero-order valence-corrected chi connectivity index (χ0v) is 14.1. The molecule has 0 atom stereocenters. The summed E-state index contributed by atoms with van der Waals surface area (Å²) in [6.07, 6.45) is 0. The standard InChI is InChI=1S/C15H19N5O2S/c1-9-18-19-14(23-9)17-13(21)7-20-8-15(2,3)22-12-6-10(16)4-5-11(12)20/h4-6H,7-8,16H2,1-3H3,(H,17,19,21). The topological polar surface area (TPSA) is 93.4 Å². The van der Waals surface area contributed by atoms with Crippen LogP contribution in [0.2, 0.25) is 0 Å². The summed E-state index contributed by atoms with van der Waals surface area (Å²) < 4.78 is 5.96. The third-order valence-corrected chi connectivity index (χ3v) is 4.14. The normalized spacial score (nSPS) is 15.7. The number of aryl methyl sites for hydroxylation is 1. The van der Waals surface area contributed by atoms with Gasteiger partial charge in [0.25, 0.3) is 0 Å². The van der Waals surface area contributed by atoms with E-state index in [0.717, 1.165) is 10.7 Å². The number of nitrogens with one attached hydrogen (secondary N) is 1. The molecule has 0 radical (unpaired) electrons. The zero-order chi connectivity index (χ0) is 16.6. The number of nitrogen functional groups attached to an aromatic ring is 1. The van der Waals surface area contributed by atoms with E-state index < -0.39 is 5.60 Å². The van der Waals surface area contributed by atoms with E-state index in [-0.39, 0.29) is 12.5 Å². The highest BCUT2D eigenvalue weighted by molar-refractivity contribution is 7.15. The Bertz CT molecular complexity index is 743. The van der Waals surface area contributed by atoms with Crippen molar-refractivity contribution in [3.63, 3.8) is 0 Å². The number of hydrogen-bond donors (Lipinski definition) is 2. The third-order valence-electron chi connectivity index (χ3n) is 3.39. The molecule has 1 aliphatic heterocycles. The van der Waals surface area contributed by atoms with Crippen molar-refractivity contribution in [2.24, 2.45) is 0 Å². The fraction of sp³-hybridized carbons (Fsp3) is 0.400. The van der Waals surface area contributed by atoms with Crippen molar-refractivity contribution in [2.75, 3.05) is 29.0 Å². The van der Waals surface area contributed by atoms with Crippen LogP contribution in [-0.4, -0.2) is 34.8 Å². The van der Waals surface area contributed by atoms with Gasteiger partial charge in [0.2, 0.25) is 11.0 Å². The third kappa shape index (κ3) is 3.53. The van der Waals surface area contributed by atoms with Gasteiger partial charge in [0.15, 0.2) is 0 Å². The van der Waals surface area contributed by atoms with Gasteiger partial charge in [-0.25, -0.2) is 0 Å². The minimum atomic E-state index is -0.402. The summed E-state index contributed by atoms with van der Waals surface area (Å²) in [7, 11) is 0. The molecule has 1 aromatic heterocycles. The number of amides is 1. The number of carbonyl (C=O) groups excluding carboxylic acids is 1. The molecule has 3 N–H and O–H groups in total. The van der Waals surface area contributed by atoms with Gasteiger partial charge in [0.1, 0.15) is 16.4 Å². The summed E-state index contributed by atoms with van der Waals surface area (Å²) in [6, 6.07) is 5.47. The van der Waals surface area contributed by atoms with Gasteiger partial charge in [-0.15, -0.1) is 10.2 Å². The first kappa shape index (κ1) is 15.5. The number of hydrogen-bond acceptors (Lipinski definition) is 7. The van der Waals surface area contributed by atoms with E-state index in [4.69, 9.17) is 10.5 Å². The molecule has 8 heteroatoms. The number of anilines is 3. The molecule has 0 spiro atoms. The Morgan fingerprint density at radius 3 is 2.96 bits per heavy atom. The lowest BCUT2D eigenvalue weighted by Crippen LogP contribution is -2.49. The molecule has 2 heterocycles. The second kappa shape index (κ2) is 5.69. The summed E-state index contributed by atoms with van der Waals surface area (Å²) in [5.74, 6) is 0.558. The summed E-state index contributed by atoms with van der Waals surface area (Å²) in [5, 5.41) is 11.9. The number of carbonyl (C=O) groups is 1. The number of ether oxygens (including phenoxy) is 1. The van der Waals surface area contributed by atoms with Gasteiger partial charge in [-0.1, -0.05) is 11.3 Å². The molecule has 1 aromatic carbocycles. The van der Waals surface area contributed by atoms with Crippen LogP contribution in [0.15, 0.2) is 18.2 Å². The summed E-state index contributed by atoms with van der Waals surface area (Å²) in [4.78, 5) is 14.3. The molecule has 0 saturated carbocycles. The van der Waals surface area contributed by atoms with Crippen LogP contribution in [0.5, 0.6) is 5.75 Å². The highest BCUT2D eigenvalue weighted by Crippen LogP contribution is 2.38. The second-order valence-electron chi connectivity index (χ2n) is 6.12. The van der Waals surface area contributed by atoms with E-state index >= 15 is 0 Å². The number of fused-ring (bicyclic) bond motifs is 1. The smallest absolute Gasteiger partial charge is 0.245 e. The molecule has 122 valence electrons. The molecule has 0 unspecified atom stereocenters. The Hall–Kier alpha value is -2.35. The van der Waals surface area contributed by atoms with E-state index in [1.807, 2.05) is 31.7 Å². The molecule has 1 amide bonds. The van der Waals surface area contributed by atoms with Crippen LogP contribution in [0.4, 0.5) is 16.5 Å². The Kier molecular flexibility index (Phi) is 3.85.